The first kappa shape index (κ1) is 11.7. The molecular weight excluding hydrogens is 222 g/mol. The minimum atomic E-state index is 0.793. The standard InChI is InChI=1S/C16H27NO/c1-2-18-10-11(1)8-17-9-16-14-4-12-3-13(6-14)7-15(16)5-12/h11-17H,1-10H2. The molecule has 1 aliphatic heterocycles. The van der Waals surface area contributed by atoms with Crippen LogP contribution in [0, 0.1) is 35.5 Å². The Morgan fingerprint density at radius 1 is 0.889 bits per heavy atom. The van der Waals surface area contributed by atoms with Gasteiger partial charge in [-0.1, -0.05) is 0 Å². The van der Waals surface area contributed by atoms with Crippen molar-refractivity contribution in [2.75, 3.05) is 26.3 Å². The highest BCUT2D eigenvalue weighted by molar-refractivity contribution is 4.98. The van der Waals surface area contributed by atoms with Crippen molar-refractivity contribution >= 4 is 0 Å². The summed E-state index contributed by atoms with van der Waals surface area (Å²) >= 11 is 0. The Hall–Kier alpha value is -0.0800. The molecule has 0 aromatic rings. The summed E-state index contributed by atoms with van der Waals surface area (Å²) in [4.78, 5) is 0. The lowest BCUT2D eigenvalue weighted by atomic mass is 9.52. The fourth-order valence-electron chi connectivity index (χ4n) is 5.57. The Morgan fingerprint density at radius 3 is 2.22 bits per heavy atom. The normalized spacial score (nSPS) is 50.0. The number of rotatable bonds is 4. The summed E-state index contributed by atoms with van der Waals surface area (Å²) in [5.74, 6) is 6.20. The molecule has 5 aliphatic rings. The predicted molar refractivity (Wildman–Crippen MR) is 72.3 cm³/mol. The zero-order valence-corrected chi connectivity index (χ0v) is 11.4. The van der Waals surface area contributed by atoms with Gasteiger partial charge in [-0.3, -0.25) is 0 Å². The molecule has 1 N–H and O–H groups in total. The van der Waals surface area contributed by atoms with Crippen molar-refractivity contribution in [1.29, 1.82) is 0 Å². The molecule has 18 heavy (non-hydrogen) atoms. The van der Waals surface area contributed by atoms with Gasteiger partial charge in [0.25, 0.3) is 0 Å². The summed E-state index contributed by atoms with van der Waals surface area (Å²) in [7, 11) is 0. The third-order valence-corrected chi connectivity index (χ3v) is 6.26. The van der Waals surface area contributed by atoms with E-state index >= 15 is 0 Å². The van der Waals surface area contributed by atoms with E-state index < -0.39 is 0 Å². The molecule has 5 rings (SSSR count). The largest absolute Gasteiger partial charge is 0.381 e. The second-order valence-electron chi connectivity index (χ2n) is 7.48. The molecule has 4 bridgehead atoms. The fraction of sp³-hybridized carbons (Fsp3) is 1.00. The number of hydrogen-bond acceptors (Lipinski definition) is 2. The van der Waals surface area contributed by atoms with Crippen LogP contribution in [0.15, 0.2) is 0 Å². The highest BCUT2D eigenvalue weighted by atomic mass is 16.5. The van der Waals surface area contributed by atoms with Gasteiger partial charge in [0.15, 0.2) is 0 Å². The summed E-state index contributed by atoms with van der Waals surface area (Å²) < 4.78 is 5.45. The Labute approximate surface area is 111 Å². The van der Waals surface area contributed by atoms with Gasteiger partial charge in [0.1, 0.15) is 0 Å². The number of hydrogen-bond donors (Lipinski definition) is 1. The zero-order valence-electron chi connectivity index (χ0n) is 11.4. The topological polar surface area (TPSA) is 21.3 Å². The summed E-state index contributed by atoms with van der Waals surface area (Å²) in [6, 6.07) is 0. The summed E-state index contributed by atoms with van der Waals surface area (Å²) in [5.41, 5.74) is 0. The van der Waals surface area contributed by atoms with Crippen LogP contribution in [0.3, 0.4) is 0 Å². The van der Waals surface area contributed by atoms with E-state index in [1.165, 1.54) is 19.5 Å². The van der Waals surface area contributed by atoms with Crippen molar-refractivity contribution < 1.29 is 4.74 Å². The van der Waals surface area contributed by atoms with Gasteiger partial charge in [-0.05, 0) is 80.6 Å². The van der Waals surface area contributed by atoms with E-state index in [0.717, 1.165) is 48.7 Å². The second kappa shape index (κ2) is 4.79. The van der Waals surface area contributed by atoms with Gasteiger partial charge in [0, 0.05) is 13.2 Å². The van der Waals surface area contributed by atoms with Crippen LogP contribution >= 0.6 is 0 Å². The van der Waals surface area contributed by atoms with Crippen LogP contribution in [0.5, 0.6) is 0 Å². The van der Waals surface area contributed by atoms with Gasteiger partial charge in [0.05, 0.1) is 6.61 Å². The second-order valence-corrected chi connectivity index (χ2v) is 7.48. The van der Waals surface area contributed by atoms with Crippen LogP contribution in [0.1, 0.15) is 38.5 Å². The molecule has 4 saturated carbocycles. The van der Waals surface area contributed by atoms with Gasteiger partial charge < -0.3 is 10.1 Å². The highest BCUT2D eigenvalue weighted by Gasteiger charge is 2.47. The van der Waals surface area contributed by atoms with E-state index in [1.54, 1.807) is 32.1 Å². The predicted octanol–water partition coefficient (Wildman–Crippen LogP) is 2.68. The van der Waals surface area contributed by atoms with Crippen molar-refractivity contribution in [3.63, 3.8) is 0 Å². The van der Waals surface area contributed by atoms with Crippen molar-refractivity contribution in [2.45, 2.75) is 38.5 Å². The molecule has 1 heterocycles. The molecule has 0 spiro atoms. The molecule has 1 unspecified atom stereocenters. The lowest BCUT2D eigenvalue weighted by molar-refractivity contribution is -0.0356. The quantitative estimate of drug-likeness (QED) is 0.827. The Morgan fingerprint density at radius 2 is 1.61 bits per heavy atom. The van der Waals surface area contributed by atoms with E-state index in [4.69, 9.17) is 4.74 Å². The molecule has 5 fully saturated rings. The highest BCUT2D eigenvalue weighted by Crippen LogP contribution is 2.56. The van der Waals surface area contributed by atoms with Crippen LogP contribution in [0.4, 0.5) is 0 Å². The summed E-state index contributed by atoms with van der Waals surface area (Å²) in [6.45, 7) is 4.48. The fourth-order valence-corrected chi connectivity index (χ4v) is 5.57. The third-order valence-electron chi connectivity index (χ3n) is 6.26. The average molecular weight is 249 g/mol. The minimum absolute atomic E-state index is 0.793. The maximum absolute atomic E-state index is 5.45. The molecular formula is C16H27NO. The van der Waals surface area contributed by atoms with Gasteiger partial charge in [-0.2, -0.15) is 0 Å². The molecule has 4 aliphatic carbocycles. The molecule has 0 radical (unpaired) electrons. The monoisotopic (exact) mass is 249 g/mol. The van der Waals surface area contributed by atoms with Gasteiger partial charge in [-0.25, -0.2) is 0 Å². The van der Waals surface area contributed by atoms with Gasteiger partial charge >= 0.3 is 0 Å². The smallest absolute Gasteiger partial charge is 0.0507 e. The first-order chi connectivity index (χ1) is 8.88. The van der Waals surface area contributed by atoms with Crippen LogP contribution in [-0.4, -0.2) is 26.3 Å². The van der Waals surface area contributed by atoms with E-state index in [2.05, 4.69) is 5.32 Å². The maximum atomic E-state index is 5.45. The SMILES string of the molecule is C1CC(CNCC2C3CC4CC(C3)CC2C4)CO1. The van der Waals surface area contributed by atoms with E-state index in [-0.39, 0.29) is 0 Å². The molecule has 0 amide bonds. The van der Waals surface area contributed by atoms with E-state index in [9.17, 15) is 0 Å². The Kier molecular flexibility index (Phi) is 3.12. The number of ether oxygens (including phenoxy) is 1. The molecule has 0 aromatic heterocycles. The van der Waals surface area contributed by atoms with E-state index in [1.807, 2.05) is 0 Å². The van der Waals surface area contributed by atoms with Crippen molar-refractivity contribution in [3.8, 4) is 0 Å². The first-order valence-corrected chi connectivity index (χ1v) is 8.17. The Bertz CT molecular complexity index is 269. The van der Waals surface area contributed by atoms with Crippen LogP contribution in [0.25, 0.3) is 0 Å². The van der Waals surface area contributed by atoms with Gasteiger partial charge in [0.2, 0.25) is 0 Å². The first-order valence-electron chi connectivity index (χ1n) is 8.17. The van der Waals surface area contributed by atoms with Crippen molar-refractivity contribution in [1.82, 2.24) is 5.32 Å². The van der Waals surface area contributed by atoms with Crippen molar-refractivity contribution in [2.24, 2.45) is 35.5 Å². The van der Waals surface area contributed by atoms with Crippen LogP contribution in [0.2, 0.25) is 0 Å². The maximum Gasteiger partial charge on any atom is 0.0507 e. The number of nitrogens with one attached hydrogen (secondary N) is 1. The van der Waals surface area contributed by atoms with Crippen LogP contribution in [-0.2, 0) is 4.74 Å². The lowest BCUT2D eigenvalue weighted by Gasteiger charge is -2.54. The average Bonchev–Trinajstić information content (AvgIpc) is 2.85. The lowest BCUT2D eigenvalue weighted by Crippen LogP contribution is -2.48. The minimum Gasteiger partial charge on any atom is -0.381 e. The third kappa shape index (κ3) is 2.12. The van der Waals surface area contributed by atoms with Crippen LogP contribution < -0.4 is 5.32 Å². The summed E-state index contributed by atoms with van der Waals surface area (Å²) in [5, 5.41) is 3.78. The van der Waals surface area contributed by atoms with Gasteiger partial charge in [-0.15, -0.1) is 0 Å². The molecule has 2 nitrogen and oxygen atoms in total. The molecule has 1 saturated heterocycles. The zero-order chi connectivity index (χ0) is 11.9. The molecule has 0 aromatic carbocycles. The molecule has 1 atom stereocenters. The van der Waals surface area contributed by atoms with Crippen molar-refractivity contribution in [3.05, 3.63) is 0 Å². The summed E-state index contributed by atoms with van der Waals surface area (Å²) in [6.07, 6.45) is 9.09. The Balaban J connectivity index is 1.29. The molecule has 2 heteroatoms. The molecule has 102 valence electrons. The van der Waals surface area contributed by atoms with E-state index in [0.29, 0.717) is 0 Å².